The van der Waals surface area contributed by atoms with Crippen molar-refractivity contribution < 1.29 is 13.6 Å². The van der Waals surface area contributed by atoms with E-state index in [1.165, 1.54) is 12.8 Å². The van der Waals surface area contributed by atoms with E-state index in [-0.39, 0.29) is 18.5 Å². The van der Waals surface area contributed by atoms with Gasteiger partial charge in [0.15, 0.2) is 0 Å². The molecule has 0 bridgehead atoms. The Kier molecular flexibility index (Phi) is 5.75. The zero-order chi connectivity index (χ0) is 14.5. The summed E-state index contributed by atoms with van der Waals surface area (Å²) in [5.41, 5.74) is 0. The van der Waals surface area contributed by atoms with Crippen molar-refractivity contribution in [2.24, 2.45) is 11.8 Å². The summed E-state index contributed by atoms with van der Waals surface area (Å²) in [7, 11) is 0. The molecule has 1 heterocycles. The van der Waals surface area contributed by atoms with Gasteiger partial charge in [-0.25, -0.2) is 8.78 Å². The first-order valence-corrected chi connectivity index (χ1v) is 7.87. The van der Waals surface area contributed by atoms with Crippen LogP contribution in [0.4, 0.5) is 8.78 Å². The van der Waals surface area contributed by atoms with Gasteiger partial charge in [-0.15, -0.1) is 0 Å². The molecule has 5 heteroatoms. The van der Waals surface area contributed by atoms with Crippen molar-refractivity contribution in [3.05, 3.63) is 0 Å². The van der Waals surface area contributed by atoms with Gasteiger partial charge in [0.1, 0.15) is 0 Å². The number of nitrogens with one attached hydrogen (secondary N) is 1. The number of piperidine rings is 1. The first-order chi connectivity index (χ1) is 9.58. The van der Waals surface area contributed by atoms with E-state index in [9.17, 15) is 13.6 Å². The molecule has 0 spiro atoms. The average Bonchev–Trinajstić information content (AvgIpc) is 3.20. The van der Waals surface area contributed by atoms with E-state index >= 15 is 0 Å². The van der Waals surface area contributed by atoms with Crippen LogP contribution in [0.2, 0.25) is 0 Å². The quantitative estimate of drug-likeness (QED) is 0.781. The Morgan fingerprint density at radius 1 is 1.30 bits per heavy atom. The molecule has 20 heavy (non-hydrogen) atoms. The van der Waals surface area contributed by atoms with Crippen LogP contribution in [-0.2, 0) is 4.79 Å². The standard InChI is InChI=1S/C15H26F2N2O/c1-2-3-15(20)19-9-12(6-11-4-5-11)7-13(10-19)18-8-14(16)17/h11-14,18H,2-10H2,1H3. The first-order valence-electron chi connectivity index (χ1n) is 7.87. The van der Waals surface area contributed by atoms with Crippen LogP contribution in [0.1, 0.15) is 45.4 Å². The van der Waals surface area contributed by atoms with E-state index in [2.05, 4.69) is 5.32 Å². The van der Waals surface area contributed by atoms with Crippen LogP contribution in [0.5, 0.6) is 0 Å². The Hall–Kier alpha value is -0.710. The van der Waals surface area contributed by atoms with Crippen molar-refractivity contribution in [1.29, 1.82) is 0 Å². The lowest BCUT2D eigenvalue weighted by Gasteiger charge is -2.38. The maximum absolute atomic E-state index is 12.3. The first kappa shape index (κ1) is 15.7. The highest BCUT2D eigenvalue weighted by molar-refractivity contribution is 5.76. The Morgan fingerprint density at radius 2 is 2.05 bits per heavy atom. The molecule has 0 aromatic carbocycles. The number of carbonyl (C=O) groups is 1. The van der Waals surface area contributed by atoms with Crippen LogP contribution in [0.25, 0.3) is 0 Å². The summed E-state index contributed by atoms with van der Waals surface area (Å²) in [5, 5.41) is 2.93. The van der Waals surface area contributed by atoms with Crippen LogP contribution >= 0.6 is 0 Å². The zero-order valence-electron chi connectivity index (χ0n) is 12.3. The van der Waals surface area contributed by atoms with Crippen LogP contribution in [0, 0.1) is 11.8 Å². The lowest BCUT2D eigenvalue weighted by molar-refractivity contribution is -0.133. The third kappa shape index (κ3) is 5.00. The molecule has 0 aromatic rings. The molecule has 1 saturated heterocycles. The summed E-state index contributed by atoms with van der Waals surface area (Å²) < 4.78 is 24.7. The molecule has 2 unspecified atom stereocenters. The molecule has 2 rings (SSSR count). The number of alkyl halides is 2. The molecule has 116 valence electrons. The van der Waals surface area contributed by atoms with E-state index in [0.717, 1.165) is 31.7 Å². The summed E-state index contributed by atoms with van der Waals surface area (Å²) in [6, 6.07) is 0.0299. The predicted molar refractivity (Wildman–Crippen MR) is 74.7 cm³/mol. The SMILES string of the molecule is CCCC(=O)N1CC(CC2CC2)CC(NCC(F)F)C1. The van der Waals surface area contributed by atoms with Crippen molar-refractivity contribution in [2.75, 3.05) is 19.6 Å². The van der Waals surface area contributed by atoms with Crippen LogP contribution in [0.15, 0.2) is 0 Å². The molecule has 1 aliphatic carbocycles. The third-order valence-electron chi connectivity index (χ3n) is 4.28. The topological polar surface area (TPSA) is 32.3 Å². The van der Waals surface area contributed by atoms with Crippen molar-refractivity contribution in [1.82, 2.24) is 10.2 Å². The average molecular weight is 288 g/mol. The molecule has 0 aromatic heterocycles. The second kappa shape index (κ2) is 7.34. The van der Waals surface area contributed by atoms with E-state index in [1.54, 1.807) is 0 Å². The Balaban J connectivity index is 1.88. The molecule has 1 aliphatic heterocycles. The van der Waals surface area contributed by atoms with Crippen molar-refractivity contribution in [3.63, 3.8) is 0 Å². The number of hydrogen-bond acceptors (Lipinski definition) is 2. The molecule has 1 saturated carbocycles. The minimum atomic E-state index is -2.32. The normalized spacial score (nSPS) is 27.1. The van der Waals surface area contributed by atoms with E-state index in [1.807, 2.05) is 11.8 Å². The van der Waals surface area contributed by atoms with Gasteiger partial charge in [-0.05, 0) is 31.1 Å². The number of halogens is 2. The van der Waals surface area contributed by atoms with Gasteiger partial charge in [0.2, 0.25) is 5.91 Å². The van der Waals surface area contributed by atoms with Crippen LogP contribution in [0.3, 0.4) is 0 Å². The van der Waals surface area contributed by atoms with E-state index in [0.29, 0.717) is 18.9 Å². The number of rotatable bonds is 7. The highest BCUT2D eigenvalue weighted by Gasteiger charge is 2.33. The molecule has 2 aliphatic rings. The molecule has 2 fully saturated rings. The fourth-order valence-corrected chi connectivity index (χ4v) is 3.18. The van der Waals surface area contributed by atoms with Gasteiger partial charge in [-0.3, -0.25) is 4.79 Å². The Morgan fingerprint density at radius 3 is 2.65 bits per heavy atom. The monoisotopic (exact) mass is 288 g/mol. The second-order valence-corrected chi connectivity index (χ2v) is 6.33. The minimum absolute atomic E-state index is 0.0299. The number of amides is 1. The highest BCUT2D eigenvalue weighted by Crippen LogP contribution is 2.37. The van der Waals surface area contributed by atoms with Crippen molar-refractivity contribution >= 4 is 5.91 Å². The van der Waals surface area contributed by atoms with Gasteiger partial charge >= 0.3 is 0 Å². The predicted octanol–water partition coefficient (Wildman–Crippen LogP) is 2.66. The van der Waals surface area contributed by atoms with Crippen LogP contribution in [-0.4, -0.2) is 42.9 Å². The zero-order valence-corrected chi connectivity index (χ0v) is 12.3. The molecule has 3 nitrogen and oxygen atoms in total. The summed E-state index contributed by atoms with van der Waals surface area (Å²) in [6.07, 6.45) is 3.78. The Labute approximate surface area is 120 Å². The van der Waals surface area contributed by atoms with Gasteiger partial charge in [-0.2, -0.15) is 0 Å². The number of nitrogens with zero attached hydrogens (tertiary/aromatic N) is 1. The fraction of sp³-hybridized carbons (Fsp3) is 0.933. The number of likely N-dealkylation sites (tertiary alicyclic amines) is 1. The van der Waals surface area contributed by atoms with Crippen molar-refractivity contribution in [3.8, 4) is 0 Å². The maximum atomic E-state index is 12.3. The molecule has 2 atom stereocenters. The van der Waals surface area contributed by atoms with Crippen LogP contribution < -0.4 is 5.32 Å². The highest BCUT2D eigenvalue weighted by atomic mass is 19.3. The molecule has 0 radical (unpaired) electrons. The smallest absolute Gasteiger partial charge is 0.250 e. The largest absolute Gasteiger partial charge is 0.341 e. The van der Waals surface area contributed by atoms with Gasteiger partial charge in [0.25, 0.3) is 6.43 Å². The minimum Gasteiger partial charge on any atom is -0.341 e. The van der Waals surface area contributed by atoms with Gasteiger partial charge in [0, 0.05) is 25.6 Å². The van der Waals surface area contributed by atoms with Gasteiger partial charge in [0.05, 0.1) is 6.54 Å². The summed E-state index contributed by atoms with van der Waals surface area (Å²) in [4.78, 5) is 14.0. The molecular weight excluding hydrogens is 262 g/mol. The summed E-state index contributed by atoms with van der Waals surface area (Å²) in [6.45, 7) is 3.14. The lowest BCUT2D eigenvalue weighted by Crippen LogP contribution is -2.52. The molecule has 1 amide bonds. The Bertz CT molecular complexity index is 321. The fourth-order valence-electron chi connectivity index (χ4n) is 3.18. The van der Waals surface area contributed by atoms with E-state index < -0.39 is 6.43 Å². The second-order valence-electron chi connectivity index (χ2n) is 6.33. The van der Waals surface area contributed by atoms with Crippen molar-refractivity contribution in [2.45, 2.75) is 57.9 Å². The van der Waals surface area contributed by atoms with Gasteiger partial charge < -0.3 is 10.2 Å². The third-order valence-corrected chi connectivity index (χ3v) is 4.28. The molecular formula is C15H26F2N2O. The molecule has 1 N–H and O–H groups in total. The summed E-state index contributed by atoms with van der Waals surface area (Å²) >= 11 is 0. The maximum Gasteiger partial charge on any atom is 0.250 e. The van der Waals surface area contributed by atoms with Gasteiger partial charge in [-0.1, -0.05) is 19.8 Å². The summed E-state index contributed by atoms with van der Waals surface area (Å²) in [5.74, 6) is 1.47. The lowest BCUT2D eigenvalue weighted by atomic mass is 9.89. The van der Waals surface area contributed by atoms with E-state index in [4.69, 9.17) is 0 Å². The number of carbonyl (C=O) groups excluding carboxylic acids is 1. The number of hydrogen-bond donors (Lipinski definition) is 1.